The maximum absolute atomic E-state index is 15.0. The number of hydrogen-bond donors (Lipinski definition) is 3. The van der Waals surface area contributed by atoms with Gasteiger partial charge in [0.05, 0.1) is 17.1 Å². The van der Waals surface area contributed by atoms with Crippen molar-refractivity contribution in [2.24, 2.45) is 0 Å². The molecule has 0 unspecified atom stereocenters. The Labute approximate surface area is 205 Å². The van der Waals surface area contributed by atoms with Crippen LogP contribution in [0.2, 0.25) is 0 Å². The summed E-state index contributed by atoms with van der Waals surface area (Å²) >= 11 is 0. The van der Waals surface area contributed by atoms with Gasteiger partial charge in [0.2, 0.25) is 5.62 Å². The molecule has 6 rings (SSSR count). The number of anilines is 1. The topological polar surface area (TPSA) is 130 Å². The summed E-state index contributed by atoms with van der Waals surface area (Å²) in [4.78, 5) is 12.5. The van der Waals surface area contributed by atoms with Crippen LogP contribution in [0.25, 0.3) is 33.3 Å². The highest BCUT2D eigenvalue weighted by atomic mass is 19.1. The summed E-state index contributed by atoms with van der Waals surface area (Å²) in [6, 6.07) is 17.9. The molecule has 0 atom stereocenters. The fraction of sp³-hybridized carbons (Fsp3) is 0.111. The molecule has 9 heteroatoms. The van der Waals surface area contributed by atoms with Gasteiger partial charge in [-0.3, -0.25) is 15.8 Å². The second-order valence-electron chi connectivity index (χ2n) is 8.89. The van der Waals surface area contributed by atoms with Crippen LogP contribution in [-0.4, -0.2) is 30.6 Å². The second-order valence-corrected chi connectivity index (χ2v) is 8.89. The molecule has 176 valence electrons. The van der Waals surface area contributed by atoms with Crippen LogP contribution in [0.5, 0.6) is 0 Å². The first-order valence-electron chi connectivity index (χ1n) is 11.4. The van der Waals surface area contributed by atoms with Gasteiger partial charge in [-0.25, -0.2) is 14.4 Å². The molecule has 1 fully saturated rings. The quantitative estimate of drug-likeness (QED) is 0.263. The van der Waals surface area contributed by atoms with Crippen LogP contribution in [0.4, 0.5) is 10.2 Å². The van der Waals surface area contributed by atoms with Gasteiger partial charge in [-0.05, 0) is 54.8 Å². The molecule has 0 aliphatic heterocycles. The molecule has 4 N–H and O–H groups in total. The van der Waals surface area contributed by atoms with E-state index < -0.39 is 11.2 Å². The third kappa shape index (κ3) is 3.61. The number of fused-ring (bicyclic) bond motifs is 1. The largest absolute Gasteiger partial charge is 0.384 e. The first-order chi connectivity index (χ1) is 17.4. The molecule has 0 radical (unpaired) electrons. The number of nitrogens with two attached hydrogens (primary N) is 1. The number of nitrogen functional groups attached to an aromatic ring is 1. The van der Waals surface area contributed by atoms with Crippen molar-refractivity contribution >= 4 is 22.6 Å². The monoisotopic (exact) mass is 476 g/mol. The Bertz CT molecular complexity index is 1700. The molecule has 1 aliphatic rings. The Morgan fingerprint density at radius 3 is 2.53 bits per heavy atom. The normalized spacial score (nSPS) is 14.0. The zero-order valence-corrected chi connectivity index (χ0v) is 19.1. The standard InChI is InChI=1S/C27H21FN8/c28-21-13-17(3-6-20(21)18-4-8-24(29)33-14-18)23-15-34-26(31)36(35-23)25(30)27(9-10-27)19-5-7-22-16(12-19)2-1-11-32-22/h1-8,11-15,30-31H,9-10H2,(H2,29,33). The summed E-state index contributed by atoms with van der Waals surface area (Å²) in [6.07, 6.45) is 6.24. The van der Waals surface area contributed by atoms with E-state index in [0.29, 0.717) is 28.2 Å². The first kappa shape index (κ1) is 21.7. The minimum absolute atomic E-state index is 0.150. The third-order valence-corrected chi connectivity index (χ3v) is 6.65. The van der Waals surface area contributed by atoms with Crippen molar-refractivity contribution in [3.8, 4) is 22.4 Å². The van der Waals surface area contributed by atoms with Crippen molar-refractivity contribution < 1.29 is 4.39 Å². The Morgan fingerprint density at radius 1 is 0.944 bits per heavy atom. The maximum atomic E-state index is 15.0. The highest BCUT2D eigenvalue weighted by molar-refractivity contribution is 5.95. The highest BCUT2D eigenvalue weighted by Gasteiger charge is 2.50. The van der Waals surface area contributed by atoms with Gasteiger partial charge in [0.25, 0.3) is 0 Å². The molecule has 36 heavy (non-hydrogen) atoms. The fourth-order valence-electron chi connectivity index (χ4n) is 4.48. The van der Waals surface area contributed by atoms with Gasteiger partial charge in [-0.2, -0.15) is 9.78 Å². The number of aromatic nitrogens is 5. The van der Waals surface area contributed by atoms with Gasteiger partial charge in [-0.1, -0.05) is 24.3 Å². The lowest BCUT2D eigenvalue weighted by atomic mass is 9.93. The summed E-state index contributed by atoms with van der Waals surface area (Å²) in [7, 11) is 0. The van der Waals surface area contributed by atoms with Crippen LogP contribution in [0.1, 0.15) is 18.4 Å². The SMILES string of the molecule is N=C(n1nc(-c2ccc(-c3ccc(N)nc3)c(F)c2)cnc1=N)C1(c2ccc3ncccc3c2)CC1. The first-order valence-corrected chi connectivity index (χ1v) is 11.4. The minimum Gasteiger partial charge on any atom is -0.384 e. The highest BCUT2D eigenvalue weighted by Crippen LogP contribution is 2.49. The van der Waals surface area contributed by atoms with Gasteiger partial charge in [0, 0.05) is 34.5 Å². The number of rotatable bonds is 4. The van der Waals surface area contributed by atoms with Crippen molar-refractivity contribution in [2.45, 2.75) is 18.3 Å². The molecule has 1 saturated carbocycles. The van der Waals surface area contributed by atoms with Gasteiger partial charge < -0.3 is 5.73 Å². The molecule has 3 aromatic heterocycles. The van der Waals surface area contributed by atoms with Crippen LogP contribution in [0.3, 0.4) is 0 Å². The number of hydrogen-bond acceptors (Lipinski definition) is 7. The minimum atomic E-state index is -0.547. The van der Waals surface area contributed by atoms with Crippen LogP contribution >= 0.6 is 0 Å². The van der Waals surface area contributed by atoms with E-state index in [2.05, 4.69) is 20.1 Å². The second kappa shape index (κ2) is 8.16. The van der Waals surface area contributed by atoms with Gasteiger partial charge in [0.15, 0.2) is 0 Å². The molecule has 3 heterocycles. The van der Waals surface area contributed by atoms with E-state index in [0.717, 1.165) is 29.3 Å². The van der Waals surface area contributed by atoms with Gasteiger partial charge >= 0.3 is 0 Å². The summed E-state index contributed by atoms with van der Waals surface area (Å²) in [5, 5.41) is 22.8. The van der Waals surface area contributed by atoms with E-state index in [9.17, 15) is 0 Å². The number of halogens is 1. The Morgan fingerprint density at radius 2 is 1.78 bits per heavy atom. The molecular weight excluding hydrogens is 455 g/mol. The van der Waals surface area contributed by atoms with Crippen molar-refractivity contribution in [2.75, 3.05) is 5.73 Å². The molecule has 5 aromatic rings. The summed E-state index contributed by atoms with van der Waals surface area (Å²) in [5.41, 5.74) is 8.67. The Hall–Kier alpha value is -4.79. The van der Waals surface area contributed by atoms with Crippen molar-refractivity contribution in [3.05, 3.63) is 96.3 Å². The fourth-order valence-corrected chi connectivity index (χ4v) is 4.48. The Balaban J connectivity index is 1.35. The number of nitrogens with one attached hydrogen (secondary N) is 2. The van der Waals surface area contributed by atoms with Crippen LogP contribution in [-0.2, 0) is 5.41 Å². The summed E-state index contributed by atoms with van der Waals surface area (Å²) in [6.45, 7) is 0. The van der Waals surface area contributed by atoms with Gasteiger partial charge in [-0.15, -0.1) is 0 Å². The van der Waals surface area contributed by atoms with E-state index in [1.165, 1.54) is 23.1 Å². The van der Waals surface area contributed by atoms with Crippen molar-refractivity contribution in [3.63, 3.8) is 0 Å². The lowest BCUT2D eigenvalue weighted by Crippen LogP contribution is -2.38. The van der Waals surface area contributed by atoms with Crippen LogP contribution < -0.4 is 11.4 Å². The predicted octanol–water partition coefficient (Wildman–Crippen LogP) is 4.31. The molecule has 1 aliphatic carbocycles. The number of benzene rings is 2. The van der Waals surface area contributed by atoms with Gasteiger partial charge in [0.1, 0.15) is 23.2 Å². The zero-order chi connectivity index (χ0) is 24.9. The van der Waals surface area contributed by atoms with E-state index in [4.69, 9.17) is 16.6 Å². The molecule has 8 nitrogen and oxygen atoms in total. The smallest absolute Gasteiger partial charge is 0.244 e. The number of nitrogens with zero attached hydrogens (tertiary/aromatic N) is 5. The van der Waals surface area contributed by atoms with E-state index >= 15 is 4.39 Å². The maximum Gasteiger partial charge on any atom is 0.244 e. The molecule has 0 bridgehead atoms. The lowest BCUT2D eigenvalue weighted by Gasteiger charge is -2.19. The summed E-state index contributed by atoms with van der Waals surface area (Å²) < 4.78 is 16.3. The van der Waals surface area contributed by atoms with E-state index in [1.54, 1.807) is 30.5 Å². The predicted molar refractivity (Wildman–Crippen MR) is 135 cm³/mol. The zero-order valence-electron chi connectivity index (χ0n) is 19.1. The molecule has 0 amide bonds. The van der Waals surface area contributed by atoms with Crippen LogP contribution in [0.15, 0.2) is 79.3 Å². The van der Waals surface area contributed by atoms with E-state index in [-0.39, 0.29) is 11.5 Å². The van der Waals surface area contributed by atoms with E-state index in [1.807, 2.05) is 30.3 Å². The third-order valence-electron chi connectivity index (χ3n) is 6.65. The van der Waals surface area contributed by atoms with Crippen molar-refractivity contribution in [1.29, 1.82) is 10.8 Å². The lowest BCUT2D eigenvalue weighted by molar-refractivity contribution is 0.631. The van der Waals surface area contributed by atoms with Crippen LogP contribution in [0, 0.1) is 16.6 Å². The Kier molecular flexibility index (Phi) is 4.92. The van der Waals surface area contributed by atoms with Crippen molar-refractivity contribution in [1.82, 2.24) is 24.7 Å². The average molecular weight is 477 g/mol. The summed E-state index contributed by atoms with van der Waals surface area (Å²) in [5.74, 6) is 0.0957. The molecule has 2 aromatic carbocycles. The molecular formula is C27H21FN8. The molecule has 0 spiro atoms. The molecule has 0 saturated heterocycles. The average Bonchev–Trinajstić information content (AvgIpc) is 3.71. The number of pyridine rings is 2.